The second-order valence-corrected chi connectivity index (χ2v) is 7.48. The molecule has 0 bridgehead atoms. The maximum absolute atomic E-state index is 12.5. The lowest BCUT2D eigenvalue weighted by Crippen LogP contribution is -2.31. The van der Waals surface area contributed by atoms with Crippen molar-refractivity contribution in [2.45, 2.75) is 17.9 Å². The lowest BCUT2D eigenvalue weighted by Gasteiger charge is -2.21. The molecule has 2 rings (SSSR count). The number of carbonyl (C=O) groups excluding carboxylic acids is 2. The minimum absolute atomic E-state index is 0.00730. The average Bonchev–Trinajstić information content (AvgIpc) is 2.58. The molecule has 8 heteroatoms. The van der Waals surface area contributed by atoms with Gasteiger partial charge < -0.3 is 9.64 Å². The van der Waals surface area contributed by atoms with Crippen molar-refractivity contribution in [2.24, 2.45) is 5.14 Å². The zero-order valence-electron chi connectivity index (χ0n) is 14.7. The zero-order chi connectivity index (χ0) is 19.5. The van der Waals surface area contributed by atoms with Crippen molar-refractivity contribution in [3.8, 4) is 0 Å². The first-order valence-corrected chi connectivity index (χ1v) is 9.26. The van der Waals surface area contributed by atoms with E-state index in [0.717, 1.165) is 6.07 Å². The average molecular weight is 376 g/mol. The molecule has 0 heterocycles. The number of amides is 1. The lowest BCUT2D eigenvalue weighted by molar-refractivity contribution is -0.138. The second-order valence-electron chi connectivity index (χ2n) is 5.95. The number of primary sulfonamides is 1. The van der Waals surface area contributed by atoms with Crippen molar-refractivity contribution in [1.29, 1.82) is 0 Å². The molecule has 138 valence electrons. The molecule has 26 heavy (non-hydrogen) atoms. The Kier molecular flexibility index (Phi) is 5.79. The first-order chi connectivity index (χ1) is 12.1. The van der Waals surface area contributed by atoms with Crippen molar-refractivity contribution in [2.75, 3.05) is 14.1 Å². The van der Waals surface area contributed by atoms with Gasteiger partial charge in [0.15, 0.2) is 0 Å². The monoisotopic (exact) mass is 376 g/mol. The van der Waals surface area contributed by atoms with E-state index in [1.807, 2.05) is 0 Å². The Labute approximate surface area is 152 Å². The molecule has 2 N–H and O–H groups in total. The van der Waals surface area contributed by atoms with Crippen LogP contribution in [-0.4, -0.2) is 39.3 Å². The standard InChI is InChI=1S/C18H20N2O5S/c1-12-9-10-14(11-15(12)26(19,23)24)18(22)25-16(17(21)20(2)3)13-7-5-4-6-8-13/h4-11,16H,1-3H3,(H2,19,23,24). The van der Waals surface area contributed by atoms with Gasteiger partial charge >= 0.3 is 5.97 Å². The van der Waals surface area contributed by atoms with E-state index < -0.39 is 28.0 Å². The number of nitrogens with zero attached hydrogens (tertiary/aromatic N) is 1. The highest BCUT2D eigenvalue weighted by atomic mass is 32.2. The molecule has 0 aliphatic heterocycles. The third-order valence-electron chi connectivity index (χ3n) is 3.72. The Morgan fingerprint density at radius 2 is 1.69 bits per heavy atom. The number of ether oxygens (including phenoxy) is 1. The smallest absolute Gasteiger partial charge is 0.339 e. The number of sulfonamides is 1. The van der Waals surface area contributed by atoms with E-state index in [1.54, 1.807) is 51.4 Å². The molecule has 0 spiro atoms. The van der Waals surface area contributed by atoms with Crippen molar-refractivity contribution >= 4 is 21.9 Å². The summed E-state index contributed by atoms with van der Waals surface area (Å²) in [7, 11) is -0.878. The molecule has 0 fully saturated rings. The Balaban J connectivity index is 2.38. The van der Waals surface area contributed by atoms with Crippen LogP contribution in [0.3, 0.4) is 0 Å². The SMILES string of the molecule is Cc1ccc(C(=O)OC(C(=O)N(C)C)c2ccccc2)cc1S(N)(=O)=O. The van der Waals surface area contributed by atoms with Crippen LogP contribution >= 0.6 is 0 Å². The third kappa shape index (κ3) is 4.47. The highest BCUT2D eigenvalue weighted by molar-refractivity contribution is 7.89. The fraction of sp³-hybridized carbons (Fsp3) is 0.222. The zero-order valence-corrected chi connectivity index (χ0v) is 15.5. The maximum atomic E-state index is 12.5. The number of aryl methyl sites for hydroxylation is 1. The Morgan fingerprint density at radius 3 is 2.23 bits per heavy atom. The van der Waals surface area contributed by atoms with Crippen LogP contribution in [0, 0.1) is 6.92 Å². The molecule has 1 amide bonds. The van der Waals surface area contributed by atoms with Crippen molar-refractivity contribution in [3.05, 3.63) is 65.2 Å². The summed E-state index contributed by atoms with van der Waals surface area (Å²) >= 11 is 0. The molecule has 0 saturated carbocycles. The predicted octanol–water partition coefficient (Wildman–Crippen LogP) is 1.63. The fourth-order valence-corrected chi connectivity index (χ4v) is 3.14. The van der Waals surface area contributed by atoms with Gasteiger partial charge in [0.05, 0.1) is 10.5 Å². The van der Waals surface area contributed by atoms with Gasteiger partial charge in [0.25, 0.3) is 5.91 Å². The lowest BCUT2D eigenvalue weighted by atomic mass is 10.1. The van der Waals surface area contributed by atoms with Gasteiger partial charge in [-0.25, -0.2) is 18.4 Å². The molecule has 2 aromatic rings. The molecular weight excluding hydrogens is 356 g/mol. The quantitative estimate of drug-likeness (QED) is 0.798. The van der Waals surface area contributed by atoms with E-state index >= 15 is 0 Å². The molecule has 0 radical (unpaired) electrons. The summed E-state index contributed by atoms with van der Waals surface area (Å²) in [6.07, 6.45) is -1.14. The number of esters is 1. The van der Waals surface area contributed by atoms with Crippen LogP contribution in [0.5, 0.6) is 0 Å². The highest BCUT2D eigenvalue weighted by Crippen LogP contribution is 2.23. The molecule has 0 saturated heterocycles. The van der Waals surface area contributed by atoms with Crippen LogP contribution in [0.2, 0.25) is 0 Å². The number of hydrogen-bond donors (Lipinski definition) is 1. The molecule has 2 aromatic carbocycles. The van der Waals surface area contributed by atoms with Crippen LogP contribution in [-0.2, 0) is 19.6 Å². The highest BCUT2D eigenvalue weighted by Gasteiger charge is 2.27. The first-order valence-electron chi connectivity index (χ1n) is 7.72. The maximum Gasteiger partial charge on any atom is 0.339 e. The van der Waals surface area contributed by atoms with E-state index in [-0.39, 0.29) is 10.5 Å². The van der Waals surface area contributed by atoms with Crippen LogP contribution in [0.1, 0.15) is 27.6 Å². The predicted molar refractivity (Wildman–Crippen MR) is 95.8 cm³/mol. The van der Waals surface area contributed by atoms with Gasteiger partial charge in [-0.05, 0) is 24.6 Å². The summed E-state index contributed by atoms with van der Waals surface area (Å²) < 4.78 is 28.7. The summed E-state index contributed by atoms with van der Waals surface area (Å²) in [6, 6.07) is 12.6. The molecule has 0 aliphatic carbocycles. The van der Waals surface area contributed by atoms with Gasteiger partial charge in [0, 0.05) is 19.7 Å². The van der Waals surface area contributed by atoms with Gasteiger partial charge in [-0.3, -0.25) is 4.79 Å². The van der Waals surface area contributed by atoms with E-state index in [0.29, 0.717) is 11.1 Å². The normalized spacial score (nSPS) is 12.3. The molecule has 1 unspecified atom stereocenters. The van der Waals surface area contributed by atoms with Crippen molar-refractivity contribution < 1.29 is 22.7 Å². The number of carbonyl (C=O) groups is 2. The van der Waals surface area contributed by atoms with Gasteiger partial charge in [-0.15, -0.1) is 0 Å². The number of nitrogens with two attached hydrogens (primary N) is 1. The second kappa shape index (κ2) is 7.67. The van der Waals surface area contributed by atoms with Crippen LogP contribution in [0.4, 0.5) is 0 Å². The summed E-state index contributed by atoms with van der Waals surface area (Å²) in [4.78, 5) is 26.1. The minimum atomic E-state index is -3.98. The van der Waals surface area contributed by atoms with Gasteiger partial charge in [0.2, 0.25) is 16.1 Å². The van der Waals surface area contributed by atoms with Crippen LogP contribution in [0.25, 0.3) is 0 Å². The van der Waals surface area contributed by atoms with E-state index in [2.05, 4.69) is 0 Å². The molecule has 1 atom stereocenters. The molecule has 0 aliphatic rings. The van der Waals surface area contributed by atoms with Crippen LogP contribution in [0.15, 0.2) is 53.4 Å². The minimum Gasteiger partial charge on any atom is -0.444 e. The van der Waals surface area contributed by atoms with Gasteiger partial charge in [-0.2, -0.15) is 0 Å². The summed E-state index contributed by atoms with van der Waals surface area (Å²) in [5, 5.41) is 5.17. The topological polar surface area (TPSA) is 107 Å². The van der Waals surface area contributed by atoms with Crippen molar-refractivity contribution in [3.63, 3.8) is 0 Å². The Bertz CT molecular complexity index is 924. The Hall–Kier alpha value is -2.71. The number of hydrogen-bond acceptors (Lipinski definition) is 5. The molecule has 7 nitrogen and oxygen atoms in total. The van der Waals surface area contributed by atoms with Crippen LogP contribution < -0.4 is 5.14 Å². The van der Waals surface area contributed by atoms with E-state index in [9.17, 15) is 18.0 Å². The summed E-state index contributed by atoms with van der Waals surface area (Å²) in [5.74, 6) is -1.23. The fourth-order valence-electron chi connectivity index (χ4n) is 2.33. The summed E-state index contributed by atoms with van der Waals surface area (Å²) in [6.45, 7) is 1.57. The van der Waals surface area contributed by atoms with E-state index in [4.69, 9.17) is 9.88 Å². The molecular formula is C18H20N2O5S. The molecule has 0 aromatic heterocycles. The Morgan fingerprint density at radius 1 is 1.08 bits per heavy atom. The third-order valence-corrected chi connectivity index (χ3v) is 4.78. The van der Waals surface area contributed by atoms with Gasteiger partial charge in [0.1, 0.15) is 0 Å². The van der Waals surface area contributed by atoms with Gasteiger partial charge in [-0.1, -0.05) is 36.4 Å². The van der Waals surface area contributed by atoms with E-state index in [1.165, 1.54) is 17.0 Å². The van der Waals surface area contributed by atoms with Crippen molar-refractivity contribution in [1.82, 2.24) is 4.90 Å². The largest absolute Gasteiger partial charge is 0.444 e. The number of rotatable bonds is 5. The number of likely N-dealkylation sites (N-methyl/N-ethyl adjacent to an activating group) is 1. The number of benzene rings is 2. The summed E-state index contributed by atoms with van der Waals surface area (Å²) in [5.41, 5.74) is 0.915. The first kappa shape index (κ1) is 19.6.